The van der Waals surface area contributed by atoms with E-state index in [4.69, 9.17) is 9.84 Å². The highest BCUT2D eigenvalue weighted by molar-refractivity contribution is 9.11. The van der Waals surface area contributed by atoms with Crippen LogP contribution in [0.5, 0.6) is 5.75 Å². The predicted octanol–water partition coefficient (Wildman–Crippen LogP) is 3.30. The summed E-state index contributed by atoms with van der Waals surface area (Å²) >= 11 is 6.69. The number of aliphatic hydroxyl groups is 1. The summed E-state index contributed by atoms with van der Waals surface area (Å²) in [7, 11) is -3.20. The van der Waals surface area contributed by atoms with Gasteiger partial charge in [0.05, 0.1) is 26.1 Å². The van der Waals surface area contributed by atoms with Gasteiger partial charge in [0, 0.05) is 0 Å². The predicted molar refractivity (Wildman–Crippen MR) is 86.8 cm³/mol. The maximum absolute atomic E-state index is 12.0. The summed E-state index contributed by atoms with van der Waals surface area (Å²) in [6.45, 7) is 5.02. The molecule has 7 heteroatoms. The van der Waals surface area contributed by atoms with E-state index in [-0.39, 0.29) is 19.0 Å². The Balaban J connectivity index is 2.78. The molecule has 0 saturated carbocycles. The van der Waals surface area contributed by atoms with Crippen LogP contribution in [0.15, 0.2) is 21.1 Å². The van der Waals surface area contributed by atoms with Crippen molar-refractivity contribution in [3.8, 4) is 5.75 Å². The van der Waals surface area contributed by atoms with Crippen molar-refractivity contribution in [3.05, 3.63) is 26.6 Å². The summed E-state index contributed by atoms with van der Waals surface area (Å²) in [5, 5.41) is 9.09. The van der Waals surface area contributed by atoms with Gasteiger partial charge in [0.25, 0.3) is 0 Å². The van der Waals surface area contributed by atoms with Gasteiger partial charge in [-0.3, -0.25) is 0 Å². The molecule has 0 atom stereocenters. The van der Waals surface area contributed by atoms with Crippen molar-refractivity contribution in [3.63, 3.8) is 0 Å². The summed E-state index contributed by atoms with van der Waals surface area (Å²) in [5.74, 6) is 0.489. The zero-order valence-corrected chi connectivity index (χ0v) is 15.6. The number of aliphatic hydroxyl groups excluding tert-OH is 1. The van der Waals surface area contributed by atoms with Crippen molar-refractivity contribution in [2.45, 2.75) is 32.1 Å². The van der Waals surface area contributed by atoms with Crippen LogP contribution in [-0.2, 0) is 16.4 Å². The first-order valence-corrected chi connectivity index (χ1v) is 9.26. The van der Waals surface area contributed by atoms with E-state index in [9.17, 15) is 8.42 Å². The molecule has 0 unspecified atom stereocenters. The molecule has 1 aromatic rings. The topological polar surface area (TPSA) is 63.6 Å². The first kappa shape index (κ1) is 17.9. The second-order valence-corrected chi connectivity index (χ2v) is 9.90. The first-order valence-electron chi connectivity index (χ1n) is 6.02. The van der Waals surface area contributed by atoms with E-state index in [1.54, 1.807) is 32.9 Å². The fraction of sp³-hybridized carbons (Fsp3) is 0.538. The van der Waals surface area contributed by atoms with Crippen molar-refractivity contribution in [1.29, 1.82) is 0 Å². The molecular formula is C13H18Br2O4S. The summed E-state index contributed by atoms with van der Waals surface area (Å²) in [4.78, 5) is 0. The van der Waals surface area contributed by atoms with Gasteiger partial charge in [-0.05, 0) is 70.3 Å². The maximum Gasteiger partial charge on any atom is 0.158 e. The van der Waals surface area contributed by atoms with Gasteiger partial charge in [0.15, 0.2) is 9.84 Å². The van der Waals surface area contributed by atoms with Gasteiger partial charge < -0.3 is 9.84 Å². The lowest BCUT2D eigenvalue weighted by atomic mass is 10.2. The van der Waals surface area contributed by atoms with Crippen molar-refractivity contribution < 1.29 is 18.3 Å². The van der Waals surface area contributed by atoms with Gasteiger partial charge in [-0.1, -0.05) is 0 Å². The fourth-order valence-corrected chi connectivity index (χ4v) is 3.83. The Bertz CT molecular complexity index is 554. The molecule has 1 aromatic carbocycles. The molecule has 1 N–H and O–H groups in total. The number of hydrogen-bond donors (Lipinski definition) is 1. The molecule has 20 heavy (non-hydrogen) atoms. The largest absolute Gasteiger partial charge is 0.490 e. The molecule has 0 saturated heterocycles. The number of ether oxygens (including phenoxy) is 1. The Kier molecular flexibility index (Phi) is 6.07. The average Bonchev–Trinajstić information content (AvgIpc) is 2.30. The Labute approximate surface area is 136 Å². The SMILES string of the molecule is CC(C)(C)S(=O)(=O)CCOc1c(Br)cc(CO)cc1Br. The van der Waals surface area contributed by atoms with Gasteiger partial charge in [0.1, 0.15) is 12.4 Å². The van der Waals surface area contributed by atoms with Crippen LogP contribution >= 0.6 is 31.9 Å². The molecule has 4 nitrogen and oxygen atoms in total. The van der Waals surface area contributed by atoms with Crippen LogP contribution in [0.2, 0.25) is 0 Å². The normalized spacial score (nSPS) is 12.5. The smallest absolute Gasteiger partial charge is 0.158 e. The monoisotopic (exact) mass is 428 g/mol. The Morgan fingerprint density at radius 3 is 2.10 bits per heavy atom. The highest BCUT2D eigenvalue weighted by Crippen LogP contribution is 2.35. The molecule has 0 spiro atoms. The Morgan fingerprint density at radius 1 is 1.20 bits per heavy atom. The fourth-order valence-electron chi connectivity index (χ4n) is 1.40. The first-order chi connectivity index (χ1) is 9.08. The Morgan fingerprint density at radius 2 is 1.70 bits per heavy atom. The number of hydrogen-bond acceptors (Lipinski definition) is 4. The maximum atomic E-state index is 12.0. The van der Waals surface area contributed by atoms with E-state index in [0.29, 0.717) is 14.7 Å². The van der Waals surface area contributed by atoms with Gasteiger partial charge in [-0.2, -0.15) is 0 Å². The molecule has 1 rings (SSSR count). The van der Waals surface area contributed by atoms with Crippen LogP contribution in [0.4, 0.5) is 0 Å². The quantitative estimate of drug-likeness (QED) is 0.779. The van der Waals surface area contributed by atoms with Crippen molar-refractivity contribution in [1.82, 2.24) is 0 Å². The lowest BCUT2D eigenvalue weighted by Gasteiger charge is -2.19. The third kappa shape index (κ3) is 4.44. The zero-order chi connectivity index (χ0) is 15.6. The van der Waals surface area contributed by atoms with Crippen LogP contribution in [0.3, 0.4) is 0 Å². The molecule has 0 aromatic heterocycles. The van der Waals surface area contributed by atoms with E-state index in [1.165, 1.54) is 0 Å². The lowest BCUT2D eigenvalue weighted by Crippen LogP contribution is -2.32. The molecule has 114 valence electrons. The van der Waals surface area contributed by atoms with Gasteiger partial charge in [-0.25, -0.2) is 8.42 Å². The van der Waals surface area contributed by atoms with Crippen LogP contribution in [0, 0.1) is 0 Å². The minimum atomic E-state index is -3.20. The van der Waals surface area contributed by atoms with Gasteiger partial charge in [0.2, 0.25) is 0 Å². The molecule has 0 aliphatic rings. The van der Waals surface area contributed by atoms with Crippen LogP contribution in [0.1, 0.15) is 26.3 Å². The van der Waals surface area contributed by atoms with Crippen LogP contribution in [-0.4, -0.2) is 30.6 Å². The molecule has 0 fully saturated rings. The summed E-state index contributed by atoms with van der Waals surface area (Å²) in [5.41, 5.74) is 0.735. The summed E-state index contributed by atoms with van der Waals surface area (Å²) < 4.78 is 30.1. The van der Waals surface area contributed by atoms with Gasteiger partial charge in [-0.15, -0.1) is 0 Å². The number of benzene rings is 1. The van der Waals surface area contributed by atoms with Crippen molar-refractivity contribution >= 4 is 41.7 Å². The van der Waals surface area contributed by atoms with E-state index >= 15 is 0 Å². The second-order valence-electron chi connectivity index (χ2n) is 5.33. The molecule has 0 aliphatic heterocycles. The molecular weight excluding hydrogens is 412 g/mol. The average molecular weight is 430 g/mol. The van der Waals surface area contributed by atoms with E-state index in [0.717, 1.165) is 5.56 Å². The summed E-state index contributed by atoms with van der Waals surface area (Å²) in [6, 6.07) is 3.47. The van der Waals surface area contributed by atoms with Crippen molar-refractivity contribution in [2.24, 2.45) is 0 Å². The second kappa shape index (κ2) is 6.77. The van der Waals surface area contributed by atoms with E-state index < -0.39 is 14.6 Å². The number of rotatable bonds is 5. The molecule has 0 bridgehead atoms. The molecule has 0 amide bonds. The summed E-state index contributed by atoms with van der Waals surface area (Å²) in [6.07, 6.45) is 0. The number of sulfone groups is 1. The van der Waals surface area contributed by atoms with E-state index in [1.807, 2.05) is 0 Å². The van der Waals surface area contributed by atoms with Crippen molar-refractivity contribution in [2.75, 3.05) is 12.4 Å². The number of halogens is 2. The third-order valence-electron chi connectivity index (χ3n) is 2.77. The minimum absolute atomic E-state index is 0.0445. The van der Waals surface area contributed by atoms with Gasteiger partial charge >= 0.3 is 0 Å². The lowest BCUT2D eigenvalue weighted by molar-refractivity contribution is 0.281. The van der Waals surface area contributed by atoms with E-state index in [2.05, 4.69) is 31.9 Å². The third-order valence-corrected chi connectivity index (χ3v) is 6.52. The van der Waals surface area contributed by atoms with Crippen LogP contribution in [0.25, 0.3) is 0 Å². The van der Waals surface area contributed by atoms with Crippen LogP contribution < -0.4 is 4.74 Å². The minimum Gasteiger partial charge on any atom is -0.490 e. The highest BCUT2D eigenvalue weighted by Gasteiger charge is 2.28. The Hall–Kier alpha value is -0.110. The molecule has 0 heterocycles. The molecule has 0 aliphatic carbocycles. The highest BCUT2D eigenvalue weighted by atomic mass is 79.9. The zero-order valence-electron chi connectivity index (χ0n) is 11.6. The molecule has 0 radical (unpaired) electrons. The standard InChI is InChI=1S/C13H18Br2O4S/c1-13(2,3)20(17,18)5-4-19-12-10(14)6-9(8-16)7-11(12)15/h6-7,16H,4-5,8H2,1-3H3.